The fourth-order valence-electron chi connectivity index (χ4n) is 3.94. The molecule has 1 aliphatic heterocycles. The number of aryl methyl sites for hydroxylation is 1. The van der Waals surface area contributed by atoms with Crippen LogP contribution in [0.4, 0.5) is 8.78 Å². The van der Waals surface area contributed by atoms with Crippen LogP contribution in [0, 0.1) is 6.92 Å². The fourth-order valence-corrected chi connectivity index (χ4v) is 3.94. The molecule has 0 unspecified atom stereocenters. The molecule has 4 heterocycles. The molecule has 0 aliphatic carbocycles. The molecule has 1 aliphatic rings. The number of amides is 1. The Morgan fingerprint density at radius 1 is 1.32 bits per heavy atom. The van der Waals surface area contributed by atoms with Crippen molar-refractivity contribution in [2.75, 3.05) is 13.1 Å². The standard InChI is InChI=1S/C20H25F2N7O2/c1-4-16(30)27-7-6-13(9-27)31-20-17-19(23-11-24-20)28(10-15(21)22)18(26-17)14-8-25-29(5-2)12(14)3/h8,11,13,15H,4-7,9-10H2,1-3H3/t13-/m0/s1. The molecule has 166 valence electrons. The van der Waals surface area contributed by atoms with Crippen molar-refractivity contribution in [1.29, 1.82) is 0 Å². The van der Waals surface area contributed by atoms with E-state index >= 15 is 0 Å². The first-order valence-electron chi connectivity index (χ1n) is 10.4. The minimum Gasteiger partial charge on any atom is -0.471 e. The van der Waals surface area contributed by atoms with E-state index in [2.05, 4.69) is 20.1 Å². The van der Waals surface area contributed by atoms with Crippen molar-refractivity contribution in [3.05, 3.63) is 18.2 Å². The van der Waals surface area contributed by atoms with Crippen LogP contribution < -0.4 is 4.74 Å². The number of alkyl halides is 2. The summed E-state index contributed by atoms with van der Waals surface area (Å²) >= 11 is 0. The molecule has 0 N–H and O–H groups in total. The third-order valence-corrected chi connectivity index (χ3v) is 5.54. The molecule has 1 fully saturated rings. The molecule has 1 saturated heterocycles. The normalized spacial score (nSPS) is 16.6. The maximum absolute atomic E-state index is 13.4. The molecular weight excluding hydrogens is 408 g/mol. The van der Waals surface area contributed by atoms with Gasteiger partial charge in [-0.2, -0.15) is 10.1 Å². The number of fused-ring (bicyclic) bond motifs is 1. The Bertz CT molecular complexity index is 1090. The lowest BCUT2D eigenvalue weighted by molar-refractivity contribution is -0.130. The molecule has 0 saturated carbocycles. The Labute approximate surface area is 178 Å². The van der Waals surface area contributed by atoms with Gasteiger partial charge >= 0.3 is 0 Å². The zero-order valence-corrected chi connectivity index (χ0v) is 17.8. The SMILES string of the molecule is CCC(=O)N1CC[C@H](Oc2ncnc3c2nc(-c2cnn(CC)c2C)n3CC(F)F)C1. The number of nitrogens with zero attached hydrogens (tertiary/aromatic N) is 7. The number of halogens is 2. The van der Waals surface area contributed by atoms with Gasteiger partial charge in [-0.25, -0.2) is 18.7 Å². The van der Waals surface area contributed by atoms with E-state index in [9.17, 15) is 13.6 Å². The second-order valence-corrected chi connectivity index (χ2v) is 7.47. The Morgan fingerprint density at radius 3 is 2.81 bits per heavy atom. The Balaban J connectivity index is 1.73. The molecule has 11 heteroatoms. The smallest absolute Gasteiger partial charge is 0.256 e. The number of hydrogen-bond acceptors (Lipinski definition) is 6. The first kappa shape index (κ1) is 21.1. The van der Waals surface area contributed by atoms with Gasteiger partial charge in [-0.05, 0) is 13.8 Å². The number of rotatable bonds is 7. The van der Waals surface area contributed by atoms with Crippen LogP contribution in [-0.2, 0) is 17.9 Å². The van der Waals surface area contributed by atoms with Crippen LogP contribution in [0.5, 0.6) is 5.88 Å². The van der Waals surface area contributed by atoms with Crippen molar-refractivity contribution in [3.63, 3.8) is 0 Å². The molecule has 9 nitrogen and oxygen atoms in total. The van der Waals surface area contributed by atoms with Crippen LogP contribution in [0.3, 0.4) is 0 Å². The van der Waals surface area contributed by atoms with Gasteiger partial charge in [0.1, 0.15) is 18.3 Å². The second kappa shape index (κ2) is 8.56. The highest BCUT2D eigenvalue weighted by atomic mass is 19.3. The molecular formula is C20H25F2N7O2. The average molecular weight is 433 g/mol. The molecule has 1 amide bonds. The van der Waals surface area contributed by atoms with E-state index in [0.717, 1.165) is 5.69 Å². The predicted molar refractivity (Wildman–Crippen MR) is 109 cm³/mol. The van der Waals surface area contributed by atoms with Gasteiger partial charge < -0.3 is 14.2 Å². The minimum atomic E-state index is -2.58. The summed E-state index contributed by atoms with van der Waals surface area (Å²) in [5.41, 5.74) is 2.09. The number of likely N-dealkylation sites (tertiary alicyclic amines) is 1. The highest BCUT2D eigenvalue weighted by Crippen LogP contribution is 2.31. The summed E-state index contributed by atoms with van der Waals surface area (Å²) in [4.78, 5) is 26.7. The Kier molecular flexibility index (Phi) is 5.84. The van der Waals surface area contributed by atoms with Gasteiger partial charge in [-0.15, -0.1) is 0 Å². The third-order valence-electron chi connectivity index (χ3n) is 5.54. The summed E-state index contributed by atoms with van der Waals surface area (Å²) in [6.07, 6.45) is 1.21. The van der Waals surface area contributed by atoms with E-state index in [1.807, 2.05) is 20.8 Å². The maximum atomic E-state index is 13.4. The van der Waals surface area contributed by atoms with Crippen LogP contribution in [-0.4, -0.2) is 65.7 Å². The lowest BCUT2D eigenvalue weighted by atomic mass is 10.2. The van der Waals surface area contributed by atoms with Crippen LogP contribution in [0.15, 0.2) is 12.5 Å². The topological polar surface area (TPSA) is 91.0 Å². The summed E-state index contributed by atoms with van der Waals surface area (Å²) in [7, 11) is 0. The van der Waals surface area contributed by atoms with Crippen LogP contribution >= 0.6 is 0 Å². The van der Waals surface area contributed by atoms with Gasteiger partial charge in [0.25, 0.3) is 6.43 Å². The van der Waals surface area contributed by atoms with Gasteiger partial charge in [-0.1, -0.05) is 6.92 Å². The zero-order chi connectivity index (χ0) is 22.1. The fraction of sp³-hybridized carbons (Fsp3) is 0.550. The van der Waals surface area contributed by atoms with E-state index in [1.54, 1.807) is 15.8 Å². The van der Waals surface area contributed by atoms with Gasteiger partial charge in [0.05, 0.1) is 24.8 Å². The predicted octanol–water partition coefficient (Wildman–Crippen LogP) is 2.67. The summed E-state index contributed by atoms with van der Waals surface area (Å²) in [5, 5.41) is 4.31. The molecule has 0 radical (unpaired) electrons. The van der Waals surface area contributed by atoms with Gasteiger partial charge in [0, 0.05) is 31.6 Å². The van der Waals surface area contributed by atoms with Crippen LogP contribution in [0.25, 0.3) is 22.6 Å². The quantitative estimate of drug-likeness (QED) is 0.569. The molecule has 0 spiro atoms. The highest BCUT2D eigenvalue weighted by molar-refractivity contribution is 5.81. The van der Waals surface area contributed by atoms with Gasteiger partial charge in [0.15, 0.2) is 11.2 Å². The van der Waals surface area contributed by atoms with Crippen LogP contribution in [0.2, 0.25) is 0 Å². The number of ether oxygens (including phenoxy) is 1. The number of carbonyl (C=O) groups is 1. The van der Waals surface area contributed by atoms with Gasteiger partial charge in [0.2, 0.25) is 11.8 Å². The van der Waals surface area contributed by atoms with Crippen molar-refractivity contribution in [2.24, 2.45) is 0 Å². The molecule has 0 aromatic carbocycles. The van der Waals surface area contributed by atoms with E-state index in [4.69, 9.17) is 4.74 Å². The first-order valence-corrected chi connectivity index (χ1v) is 10.4. The number of imidazole rings is 1. The van der Waals surface area contributed by atoms with E-state index in [0.29, 0.717) is 49.4 Å². The van der Waals surface area contributed by atoms with Crippen molar-refractivity contribution >= 4 is 17.1 Å². The largest absolute Gasteiger partial charge is 0.471 e. The van der Waals surface area contributed by atoms with E-state index in [-0.39, 0.29) is 23.5 Å². The third kappa shape index (κ3) is 3.96. The van der Waals surface area contributed by atoms with Gasteiger partial charge in [-0.3, -0.25) is 9.48 Å². The maximum Gasteiger partial charge on any atom is 0.256 e. The summed E-state index contributed by atoms with van der Waals surface area (Å²) < 4.78 is 36.0. The second-order valence-electron chi connectivity index (χ2n) is 7.47. The lowest BCUT2D eigenvalue weighted by Gasteiger charge is -2.16. The van der Waals surface area contributed by atoms with E-state index in [1.165, 1.54) is 10.9 Å². The highest BCUT2D eigenvalue weighted by Gasteiger charge is 2.29. The molecule has 3 aromatic heterocycles. The summed E-state index contributed by atoms with van der Waals surface area (Å²) in [5.74, 6) is 0.661. The minimum absolute atomic E-state index is 0.0749. The van der Waals surface area contributed by atoms with Crippen molar-refractivity contribution in [1.82, 2.24) is 34.2 Å². The summed E-state index contributed by atoms with van der Waals surface area (Å²) in [6.45, 7) is 6.84. The van der Waals surface area contributed by atoms with Crippen molar-refractivity contribution in [3.8, 4) is 17.3 Å². The Morgan fingerprint density at radius 2 is 2.13 bits per heavy atom. The van der Waals surface area contributed by atoms with Crippen molar-refractivity contribution in [2.45, 2.75) is 59.2 Å². The van der Waals surface area contributed by atoms with E-state index < -0.39 is 13.0 Å². The Hall–Kier alpha value is -3.11. The zero-order valence-electron chi connectivity index (χ0n) is 17.8. The first-order chi connectivity index (χ1) is 14.9. The van der Waals surface area contributed by atoms with Crippen LogP contribution in [0.1, 0.15) is 32.4 Å². The number of aromatic nitrogens is 6. The molecule has 3 aromatic rings. The lowest BCUT2D eigenvalue weighted by Crippen LogP contribution is -2.30. The summed E-state index contributed by atoms with van der Waals surface area (Å²) in [6, 6.07) is 0. The average Bonchev–Trinajstić information content (AvgIpc) is 3.45. The number of carbonyl (C=O) groups excluding carboxylic acids is 1. The molecule has 0 bridgehead atoms. The molecule has 31 heavy (non-hydrogen) atoms. The molecule has 4 rings (SSSR count). The van der Waals surface area contributed by atoms with Crippen molar-refractivity contribution < 1.29 is 18.3 Å². The monoisotopic (exact) mass is 433 g/mol. The number of hydrogen-bond donors (Lipinski definition) is 0. The molecule has 1 atom stereocenters.